The molecule has 0 N–H and O–H groups in total. The molecule has 0 spiro atoms. The first-order valence-corrected chi connectivity index (χ1v) is 13.9. The second-order valence-electron chi connectivity index (χ2n) is 4.13. The van der Waals surface area contributed by atoms with Crippen LogP contribution in [0, 0.1) is 0 Å². The quantitative estimate of drug-likeness (QED) is 0.405. The number of carbonyl (C=O) groups excluding carboxylic acids is 3. The molecule has 114 valence electrons. The van der Waals surface area contributed by atoms with Crippen LogP contribution >= 0.6 is 15.9 Å². The van der Waals surface area contributed by atoms with Gasteiger partial charge in [-0.2, -0.15) is 0 Å². The Bertz CT molecular complexity index is 519. The molecule has 0 heterocycles. The molecule has 1 aromatic rings. The summed E-state index contributed by atoms with van der Waals surface area (Å²) in [5, 5.41) is 0.439. The molecule has 0 amide bonds. The Labute approximate surface area is 137 Å². The molecule has 0 aliphatic carbocycles. The molecule has 0 atom stereocenters. The van der Waals surface area contributed by atoms with Crippen LogP contribution in [-0.4, -0.2) is 40.4 Å². The van der Waals surface area contributed by atoms with Crippen LogP contribution in [-0.2, 0) is 27.8 Å². The van der Waals surface area contributed by atoms with Gasteiger partial charge >= 0.3 is 138 Å². The van der Waals surface area contributed by atoms with Crippen molar-refractivity contribution in [1.82, 2.24) is 0 Å². The van der Waals surface area contributed by atoms with Crippen LogP contribution in [0.4, 0.5) is 0 Å². The number of hydrogen-bond donors (Lipinski definition) is 0. The van der Waals surface area contributed by atoms with Crippen molar-refractivity contribution in [2.24, 2.45) is 0 Å². The Morgan fingerprint density at radius 1 is 0.952 bits per heavy atom. The van der Waals surface area contributed by atoms with E-state index in [1.165, 1.54) is 20.8 Å². The standard InChI is InChI=1S/C7H6Br.3C2H4O2.Pb/c8-6-7-4-2-1-3-5-7;3*1-2(3)4;/h1-4H,6H2;3*1H3,(H,3,4);/q;;;;+3/p-3. The second-order valence-corrected chi connectivity index (χ2v) is 13.5. The van der Waals surface area contributed by atoms with Gasteiger partial charge in [0, 0.05) is 0 Å². The normalized spacial score (nSPS) is 10.7. The molecule has 0 unspecified atom stereocenters. The average molecular weight is 554 g/mol. The summed E-state index contributed by atoms with van der Waals surface area (Å²) in [5.74, 6) is -1.99. The van der Waals surface area contributed by atoms with Crippen molar-refractivity contribution in [3.8, 4) is 0 Å². The number of benzene rings is 1. The van der Waals surface area contributed by atoms with Gasteiger partial charge in [0.05, 0.1) is 0 Å². The van der Waals surface area contributed by atoms with Crippen LogP contribution in [0.15, 0.2) is 24.3 Å². The molecular formula is C13H15BrO6Pb. The van der Waals surface area contributed by atoms with Crippen LogP contribution in [0.3, 0.4) is 0 Å². The van der Waals surface area contributed by atoms with Crippen molar-refractivity contribution in [3.05, 3.63) is 29.8 Å². The summed E-state index contributed by atoms with van der Waals surface area (Å²) < 4.78 is 16.3. The monoisotopic (exact) mass is 554 g/mol. The summed E-state index contributed by atoms with van der Waals surface area (Å²) in [6.07, 6.45) is 0. The van der Waals surface area contributed by atoms with Crippen LogP contribution in [0.25, 0.3) is 0 Å². The Morgan fingerprint density at radius 2 is 1.38 bits per heavy atom. The Morgan fingerprint density at radius 3 is 1.76 bits per heavy atom. The third-order valence-corrected chi connectivity index (χ3v) is 13.9. The van der Waals surface area contributed by atoms with E-state index in [-0.39, 0.29) is 0 Å². The number of alkyl halides is 1. The zero-order chi connectivity index (χ0) is 16.0. The summed E-state index contributed by atoms with van der Waals surface area (Å²) in [6, 6.07) is 6.91. The van der Waals surface area contributed by atoms with Crippen molar-refractivity contribution in [2.75, 3.05) is 0 Å². The van der Waals surface area contributed by atoms with Gasteiger partial charge in [-0.3, -0.25) is 0 Å². The maximum atomic E-state index is 11.4. The fourth-order valence-corrected chi connectivity index (χ4v) is 12.8. The fourth-order valence-electron chi connectivity index (χ4n) is 1.73. The SMILES string of the molecule is CC(=O)[O][Pb]([O]C(C)=O)([O]C(C)=O)[c]1ccccc1CBr. The molecular weight excluding hydrogens is 539 g/mol. The fraction of sp³-hybridized carbons (Fsp3) is 0.308. The first-order chi connectivity index (χ1) is 9.80. The van der Waals surface area contributed by atoms with Gasteiger partial charge in [-0.15, -0.1) is 0 Å². The molecule has 1 rings (SSSR count). The van der Waals surface area contributed by atoms with E-state index >= 15 is 0 Å². The van der Waals surface area contributed by atoms with Crippen LogP contribution in [0.5, 0.6) is 0 Å². The van der Waals surface area contributed by atoms with Crippen molar-refractivity contribution in [1.29, 1.82) is 0 Å². The summed E-state index contributed by atoms with van der Waals surface area (Å²) in [5.41, 5.74) is 0.739. The summed E-state index contributed by atoms with van der Waals surface area (Å²) in [7, 11) is 0. The van der Waals surface area contributed by atoms with Gasteiger partial charge in [-0.05, 0) is 0 Å². The zero-order valence-corrected chi connectivity index (χ0v) is 17.3. The van der Waals surface area contributed by atoms with Crippen molar-refractivity contribution in [2.45, 2.75) is 26.1 Å². The van der Waals surface area contributed by atoms with Crippen LogP contribution < -0.4 is 3.12 Å². The van der Waals surface area contributed by atoms with Gasteiger partial charge in [0.2, 0.25) is 0 Å². The Kier molecular flexibility index (Phi) is 6.78. The first kappa shape index (κ1) is 18.1. The van der Waals surface area contributed by atoms with Gasteiger partial charge in [0.25, 0.3) is 0 Å². The van der Waals surface area contributed by atoms with E-state index in [4.69, 9.17) is 8.06 Å². The predicted molar refractivity (Wildman–Crippen MR) is 79.8 cm³/mol. The maximum absolute atomic E-state index is 11.4. The number of hydrogen-bond acceptors (Lipinski definition) is 6. The van der Waals surface area contributed by atoms with E-state index in [0.717, 1.165) is 5.56 Å². The van der Waals surface area contributed by atoms with Gasteiger partial charge < -0.3 is 0 Å². The van der Waals surface area contributed by atoms with Gasteiger partial charge in [-0.25, -0.2) is 0 Å². The number of halogens is 1. The van der Waals surface area contributed by atoms with Crippen molar-refractivity contribution >= 4 is 59.5 Å². The molecule has 21 heavy (non-hydrogen) atoms. The molecule has 0 fully saturated rings. The molecule has 1 aromatic carbocycles. The summed E-state index contributed by atoms with van der Waals surface area (Å²) in [6.45, 7) is 3.54. The van der Waals surface area contributed by atoms with Gasteiger partial charge in [0.15, 0.2) is 0 Å². The zero-order valence-electron chi connectivity index (χ0n) is 11.8. The minimum absolute atomic E-state index is 0.439. The van der Waals surface area contributed by atoms with Crippen LogP contribution in [0.2, 0.25) is 0 Å². The predicted octanol–water partition coefficient (Wildman–Crippen LogP) is 1.42. The topological polar surface area (TPSA) is 78.9 Å². The molecule has 0 saturated carbocycles. The van der Waals surface area contributed by atoms with E-state index in [0.29, 0.717) is 8.45 Å². The van der Waals surface area contributed by atoms with E-state index in [1.54, 1.807) is 24.3 Å². The molecule has 8 heteroatoms. The van der Waals surface area contributed by atoms with E-state index < -0.39 is 40.4 Å². The third kappa shape index (κ3) is 5.06. The molecule has 0 radical (unpaired) electrons. The van der Waals surface area contributed by atoms with Crippen LogP contribution in [0.1, 0.15) is 26.3 Å². The minimum atomic E-state index is -5.07. The second kappa shape index (κ2) is 7.88. The summed E-state index contributed by atoms with van der Waals surface area (Å²) in [4.78, 5) is 34.3. The summed E-state index contributed by atoms with van der Waals surface area (Å²) >= 11 is -1.76. The first-order valence-electron chi connectivity index (χ1n) is 6.04. The molecule has 0 aromatic heterocycles. The Balaban J connectivity index is 3.47. The van der Waals surface area contributed by atoms with E-state index in [2.05, 4.69) is 15.9 Å². The molecule has 0 saturated heterocycles. The third-order valence-electron chi connectivity index (χ3n) is 2.33. The van der Waals surface area contributed by atoms with E-state index in [1.807, 2.05) is 0 Å². The molecule has 6 nitrogen and oxygen atoms in total. The number of rotatable bonds is 5. The van der Waals surface area contributed by atoms with Gasteiger partial charge in [-0.1, -0.05) is 0 Å². The van der Waals surface area contributed by atoms with E-state index in [9.17, 15) is 14.4 Å². The molecule has 0 aliphatic rings. The average Bonchev–Trinajstić information content (AvgIpc) is 2.36. The molecule has 0 bridgehead atoms. The number of carbonyl (C=O) groups is 3. The van der Waals surface area contributed by atoms with Crippen molar-refractivity contribution < 1.29 is 22.4 Å². The van der Waals surface area contributed by atoms with Gasteiger partial charge in [0.1, 0.15) is 0 Å². The van der Waals surface area contributed by atoms with Crippen molar-refractivity contribution in [3.63, 3.8) is 0 Å². The molecule has 0 aliphatic heterocycles. The Hall–Kier alpha value is -0.968.